The summed E-state index contributed by atoms with van der Waals surface area (Å²) in [6.45, 7) is 2.88. The summed E-state index contributed by atoms with van der Waals surface area (Å²) >= 11 is 9.52. The lowest BCUT2D eigenvalue weighted by Gasteiger charge is -2.25. The molecule has 0 saturated heterocycles. The second-order valence-electron chi connectivity index (χ2n) is 6.73. The normalized spacial score (nSPS) is 18.8. The van der Waals surface area contributed by atoms with Crippen LogP contribution in [0.3, 0.4) is 0 Å². The first-order valence-electron chi connectivity index (χ1n) is 8.78. The third kappa shape index (κ3) is 5.60. The van der Waals surface area contributed by atoms with E-state index >= 15 is 0 Å². The molecular weight excluding hydrogens is 408 g/mol. The second-order valence-corrected chi connectivity index (χ2v) is 9.03. The fraction of sp³-hybridized carbons (Fsp3) is 0.421. The van der Waals surface area contributed by atoms with Crippen LogP contribution < -0.4 is 11.1 Å². The molecule has 0 aromatic carbocycles. The maximum atomic E-state index is 12.4. The highest BCUT2D eigenvalue weighted by Crippen LogP contribution is 2.33. The fourth-order valence-electron chi connectivity index (χ4n) is 3.03. The minimum Gasteiger partial charge on any atom is -0.379 e. The van der Waals surface area contributed by atoms with E-state index in [2.05, 4.69) is 40.1 Å². The molecule has 1 aliphatic rings. The Labute approximate surface area is 170 Å². The van der Waals surface area contributed by atoms with Crippen molar-refractivity contribution in [2.24, 2.45) is 5.73 Å². The average molecular weight is 430 g/mol. The van der Waals surface area contributed by atoms with Gasteiger partial charge < -0.3 is 11.1 Å². The molecule has 8 heteroatoms. The van der Waals surface area contributed by atoms with E-state index < -0.39 is 5.92 Å². The molecule has 0 amide bonds. The van der Waals surface area contributed by atoms with E-state index in [1.165, 1.54) is 15.1 Å². The molecule has 1 saturated carbocycles. The summed E-state index contributed by atoms with van der Waals surface area (Å²) in [5.41, 5.74) is 8.58. The molecule has 3 aromatic heterocycles. The van der Waals surface area contributed by atoms with Gasteiger partial charge in [0.15, 0.2) is 0 Å². The Morgan fingerprint density at radius 2 is 2.22 bits per heavy atom. The number of nitrogens with two attached hydrogens (primary N) is 1. The van der Waals surface area contributed by atoms with E-state index in [1.807, 2.05) is 6.07 Å². The molecule has 0 aliphatic heterocycles. The van der Waals surface area contributed by atoms with Crippen molar-refractivity contribution in [3.8, 4) is 0 Å². The summed E-state index contributed by atoms with van der Waals surface area (Å²) in [5, 5.41) is 8.18. The number of anilines is 1. The molecule has 0 radical (unpaired) electrons. The largest absolute Gasteiger partial charge is 0.379 e. The van der Waals surface area contributed by atoms with Crippen molar-refractivity contribution >= 4 is 50.2 Å². The summed E-state index contributed by atoms with van der Waals surface area (Å²) in [5.74, 6) is -2.47. The number of hydrogen-bond donors (Lipinski definition) is 2. The van der Waals surface area contributed by atoms with Crippen LogP contribution in [0.1, 0.15) is 36.1 Å². The smallest absolute Gasteiger partial charge is 0.249 e. The van der Waals surface area contributed by atoms with Crippen molar-refractivity contribution in [3.63, 3.8) is 0 Å². The molecule has 1 atom stereocenters. The van der Waals surface area contributed by atoms with E-state index in [1.54, 1.807) is 22.7 Å². The molecule has 4 rings (SSSR count). The van der Waals surface area contributed by atoms with Gasteiger partial charge in [-0.05, 0) is 42.2 Å². The maximum absolute atomic E-state index is 12.4. The number of aromatic nitrogens is 1. The monoisotopic (exact) mass is 429 g/mol. The highest BCUT2D eigenvalue weighted by molar-refractivity contribution is 7.18. The zero-order valence-electron chi connectivity index (χ0n) is 15.0. The Morgan fingerprint density at radius 1 is 1.41 bits per heavy atom. The molecule has 1 aliphatic carbocycles. The van der Waals surface area contributed by atoms with E-state index in [0.717, 1.165) is 24.2 Å². The van der Waals surface area contributed by atoms with Gasteiger partial charge >= 0.3 is 0 Å². The quantitative estimate of drug-likeness (QED) is 0.470. The predicted molar refractivity (Wildman–Crippen MR) is 112 cm³/mol. The lowest BCUT2D eigenvalue weighted by atomic mass is 9.93. The van der Waals surface area contributed by atoms with Gasteiger partial charge in [0, 0.05) is 36.4 Å². The molecule has 0 bridgehead atoms. The van der Waals surface area contributed by atoms with E-state index in [4.69, 9.17) is 17.3 Å². The minimum absolute atomic E-state index is 0.0285. The Kier molecular flexibility index (Phi) is 6.68. The van der Waals surface area contributed by atoms with Crippen LogP contribution in [0.15, 0.2) is 29.0 Å². The van der Waals surface area contributed by atoms with Crippen LogP contribution in [0, 0.1) is 6.92 Å². The molecule has 0 spiro atoms. The summed E-state index contributed by atoms with van der Waals surface area (Å²) in [4.78, 5) is 5.69. The number of halogens is 3. The van der Waals surface area contributed by atoms with Crippen molar-refractivity contribution in [1.82, 2.24) is 4.98 Å². The first kappa shape index (κ1) is 20.5. The first-order valence-corrected chi connectivity index (χ1v) is 10.9. The van der Waals surface area contributed by atoms with E-state index in [0.29, 0.717) is 11.6 Å². The third-order valence-electron chi connectivity index (χ3n) is 4.38. The lowest BCUT2D eigenvalue weighted by molar-refractivity contribution is -0.0395. The topological polar surface area (TPSA) is 50.9 Å². The van der Waals surface area contributed by atoms with Gasteiger partial charge in [-0.2, -0.15) is 0 Å². The van der Waals surface area contributed by atoms with Crippen LogP contribution in [0.25, 0.3) is 10.2 Å². The van der Waals surface area contributed by atoms with Crippen LogP contribution in [0.4, 0.5) is 14.5 Å². The molecule has 3 aromatic rings. The number of aryl methyl sites for hydroxylation is 1. The fourth-order valence-corrected chi connectivity index (χ4v) is 4.85. The number of nitrogens with zero attached hydrogens (tertiary/aromatic N) is 1. The first-order chi connectivity index (χ1) is 12.8. The molecule has 3 heterocycles. The highest BCUT2D eigenvalue weighted by atomic mass is 35.5. The van der Waals surface area contributed by atoms with Gasteiger partial charge in [-0.25, -0.2) is 13.8 Å². The molecule has 146 valence electrons. The Morgan fingerprint density at radius 3 is 2.85 bits per heavy atom. The SMILES string of the molecule is Cc1csc2c(NCc3cccs3)cc(Cl)nc12.NC1CCCC(F)(F)C1. The van der Waals surface area contributed by atoms with Crippen molar-refractivity contribution < 1.29 is 8.78 Å². The highest BCUT2D eigenvalue weighted by Gasteiger charge is 2.34. The Balaban J connectivity index is 0.000000197. The Hall–Kier alpha value is -1.28. The molecule has 27 heavy (non-hydrogen) atoms. The number of pyridine rings is 1. The van der Waals surface area contributed by atoms with E-state index in [9.17, 15) is 8.78 Å². The van der Waals surface area contributed by atoms with Crippen LogP contribution in [-0.2, 0) is 6.54 Å². The number of nitrogens with one attached hydrogen (secondary N) is 1. The molecule has 3 N–H and O–H groups in total. The zero-order valence-corrected chi connectivity index (χ0v) is 17.4. The number of rotatable bonds is 3. The van der Waals surface area contributed by atoms with Crippen molar-refractivity contribution in [1.29, 1.82) is 0 Å². The van der Waals surface area contributed by atoms with Gasteiger partial charge in [0.05, 0.1) is 15.9 Å². The van der Waals surface area contributed by atoms with E-state index in [-0.39, 0.29) is 18.9 Å². The summed E-state index contributed by atoms with van der Waals surface area (Å²) in [6, 6.07) is 5.81. The number of thiophene rings is 2. The lowest BCUT2D eigenvalue weighted by Crippen LogP contribution is -2.34. The summed E-state index contributed by atoms with van der Waals surface area (Å²) in [7, 11) is 0. The third-order valence-corrected chi connectivity index (χ3v) is 6.57. The maximum Gasteiger partial charge on any atom is 0.249 e. The van der Waals surface area contributed by atoms with Gasteiger partial charge in [-0.3, -0.25) is 0 Å². The molecule has 3 nitrogen and oxygen atoms in total. The van der Waals surface area contributed by atoms with Gasteiger partial charge in [0.2, 0.25) is 5.92 Å². The minimum atomic E-state index is -2.47. The second kappa shape index (κ2) is 8.82. The van der Waals surface area contributed by atoms with Crippen molar-refractivity contribution in [2.45, 2.75) is 51.1 Å². The van der Waals surface area contributed by atoms with Crippen LogP contribution >= 0.6 is 34.3 Å². The Bertz CT molecular complexity index is 881. The summed E-state index contributed by atoms with van der Waals surface area (Å²) < 4.78 is 25.9. The molecular formula is C19H22ClF2N3S2. The summed E-state index contributed by atoms with van der Waals surface area (Å²) in [6.07, 6.45) is 1.25. The standard InChI is InChI=1S/C13H11ClN2S2.C6H11F2N/c1-8-7-18-13-10(5-11(14)16-12(8)13)15-6-9-3-2-4-17-9;7-6(8)3-1-2-5(9)4-6/h2-5,7H,6H2,1H3,(H,15,16);5H,1-4,9H2. The van der Waals surface area contributed by atoms with Gasteiger partial charge in [0.25, 0.3) is 0 Å². The van der Waals surface area contributed by atoms with Gasteiger partial charge in [-0.1, -0.05) is 17.7 Å². The molecule has 1 unspecified atom stereocenters. The van der Waals surface area contributed by atoms with Gasteiger partial charge in [0.1, 0.15) is 5.15 Å². The number of hydrogen-bond acceptors (Lipinski definition) is 5. The predicted octanol–water partition coefficient (Wildman–Crippen LogP) is 6.45. The van der Waals surface area contributed by atoms with Crippen LogP contribution in [0.2, 0.25) is 5.15 Å². The molecule has 1 fully saturated rings. The van der Waals surface area contributed by atoms with Crippen LogP contribution in [0.5, 0.6) is 0 Å². The van der Waals surface area contributed by atoms with Crippen LogP contribution in [-0.4, -0.2) is 16.9 Å². The zero-order chi connectivity index (χ0) is 19.4. The number of fused-ring (bicyclic) bond motifs is 1. The average Bonchev–Trinajstić information content (AvgIpc) is 3.23. The van der Waals surface area contributed by atoms with Crippen molar-refractivity contribution in [3.05, 3.63) is 44.6 Å². The number of alkyl halides is 2. The van der Waals surface area contributed by atoms with Crippen molar-refractivity contribution in [2.75, 3.05) is 5.32 Å². The van der Waals surface area contributed by atoms with Gasteiger partial charge in [-0.15, -0.1) is 22.7 Å².